The first-order valence-electron chi connectivity index (χ1n) is 6.43. The average Bonchev–Trinajstić information content (AvgIpc) is 2.44. The van der Waals surface area contributed by atoms with Crippen LogP contribution in [-0.2, 0) is 0 Å². The molecule has 0 aromatic heterocycles. The fraction of sp³-hybridized carbons (Fsp3) is 0.250. The van der Waals surface area contributed by atoms with Crippen molar-refractivity contribution in [1.29, 1.82) is 0 Å². The van der Waals surface area contributed by atoms with E-state index in [1.54, 1.807) is 26.2 Å². The van der Waals surface area contributed by atoms with E-state index in [1.807, 2.05) is 25.1 Å². The normalized spacial score (nSPS) is 12.2. The van der Waals surface area contributed by atoms with Crippen LogP contribution in [0.15, 0.2) is 36.4 Å². The molecule has 0 bridgehead atoms. The van der Waals surface area contributed by atoms with Crippen molar-refractivity contribution >= 4 is 0 Å². The van der Waals surface area contributed by atoms with Crippen molar-refractivity contribution in [2.24, 2.45) is 5.84 Å². The van der Waals surface area contributed by atoms with E-state index < -0.39 is 0 Å². The molecule has 0 heterocycles. The summed E-state index contributed by atoms with van der Waals surface area (Å²) in [6.45, 7) is 3.74. The van der Waals surface area contributed by atoms with Gasteiger partial charge in [0.1, 0.15) is 11.6 Å². The topological polar surface area (TPSA) is 47.3 Å². The SMILES string of the molecule is COc1ccc(C)cc1C(NN)c1ccc(F)c(C)c1. The van der Waals surface area contributed by atoms with Crippen LogP contribution >= 0.6 is 0 Å². The Morgan fingerprint density at radius 2 is 1.90 bits per heavy atom. The van der Waals surface area contributed by atoms with E-state index in [0.29, 0.717) is 5.56 Å². The third-order valence-corrected chi connectivity index (χ3v) is 3.38. The Labute approximate surface area is 118 Å². The number of hydrogen-bond donors (Lipinski definition) is 2. The number of nitrogens with two attached hydrogens (primary N) is 1. The summed E-state index contributed by atoms with van der Waals surface area (Å²) < 4.78 is 18.8. The van der Waals surface area contributed by atoms with E-state index in [9.17, 15) is 4.39 Å². The summed E-state index contributed by atoms with van der Waals surface area (Å²) in [6, 6.07) is 10.6. The van der Waals surface area contributed by atoms with Gasteiger partial charge in [0.25, 0.3) is 0 Å². The van der Waals surface area contributed by atoms with Crippen LogP contribution in [0.1, 0.15) is 28.3 Å². The zero-order chi connectivity index (χ0) is 14.7. The summed E-state index contributed by atoms with van der Waals surface area (Å²) in [5.74, 6) is 6.23. The number of methoxy groups -OCH3 is 1. The fourth-order valence-electron chi connectivity index (χ4n) is 2.29. The van der Waals surface area contributed by atoms with Crippen LogP contribution in [0, 0.1) is 19.7 Å². The van der Waals surface area contributed by atoms with E-state index in [2.05, 4.69) is 5.43 Å². The minimum Gasteiger partial charge on any atom is -0.496 e. The summed E-state index contributed by atoms with van der Waals surface area (Å²) in [7, 11) is 1.62. The maximum atomic E-state index is 13.4. The molecule has 106 valence electrons. The van der Waals surface area contributed by atoms with Gasteiger partial charge in [0, 0.05) is 5.56 Å². The first-order chi connectivity index (χ1) is 9.56. The highest BCUT2D eigenvalue weighted by Gasteiger charge is 2.18. The Hall–Kier alpha value is -1.91. The minimum atomic E-state index is -0.246. The molecular formula is C16H19FN2O. The fourth-order valence-corrected chi connectivity index (χ4v) is 2.29. The van der Waals surface area contributed by atoms with Gasteiger partial charge in [-0.15, -0.1) is 0 Å². The number of aryl methyl sites for hydroxylation is 2. The highest BCUT2D eigenvalue weighted by atomic mass is 19.1. The lowest BCUT2D eigenvalue weighted by atomic mass is 9.95. The number of ether oxygens (including phenoxy) is 1. The Bertz CT molecular complexity index is 613. The summed E-state index contributed by atoms with van der Waals surface area (Å²) in [5.41, 5.74) is 6.31. The predicted molar refractivity (Wildman–Crippen MR) is 78.0 cm³/mol. The molecular weight excluding hydrogens is 255 g/mol. The maximum absolute atomic E-state index is 13.4. The monoisotopic (exact) mass is 274 g/mol. The van der Waals surface area contributed by atoms with E-state index in [-0.39, 0.29) is 11.9 Å². The predicted octanol–water partition coefficient (Wildman–Crippen LogP) is 3.00. The van der Waals surface area contributed by atoms with Gasteiger partial charge < -0.3 is 4.74 Å². The molecule has 1 atom stereocenters. The first kappa shape index (κ1) is 14.5. The molecule has 0 amide bonds. The number of halogens is 1. The van der Waals surface area contributed by atoms with Gasteiger partial charge in [0.2, 0.25) is 0 Å². The van der Waals surface area contributed by atoms with Crippen LogP contribution in [-0.4, -0.2) is 7.11 Å². The molecule has 2 rings (SSSR count). The number of rotatable bonds is 4. The number of hydrogen-bond acceptors (Lipinski definition) is 3. The number of benzene rings is 2. The summed E-state index contributed by atoms with van der Waals surface area (Å²) >= 11 is 0. The second-order valence-electron chi connectivity index (χ2n) is 4.85. The molecule has 2 aromatic rings. The molecule has 0 aliphatic rings. The third-order valence-electron chi connectivity index (χ3n) is 3.38. The van der Waals surface area contributed by atoms with Crippen molar-refractivity contribution in [3.05, 3.63) is 64.5 Å². The lowest BCUT2D eigenvalue weighted by Crippen LogP contribution is -2.29. The largest absolute Gasteiger partial charge is 0.496 e. The van der Waals surface area contributed by atoms with Gasteiger partial charge in [-0.1, -0.05) is 29.8 Å². The molecule has 0 aliphatic heterocycles. The third kappa shape index (κ3) is 2.81. The van der Waals surface area contributed by atoms with Crippen LogP contribution in [0.5, 0.6) is 5.75 Å². The van der Waals surface area contributed by atoms with Crippen molar-refractivity contribution < 1.29 is 9.13 Å². The van der Waals surface area contributed by atoms with Gasteiger partial charge in [-0.2, -0.15) is 0 Å². The zero-order valence-corrected chi connectivity index (χ0v) is 11.9. The lowest BCUT2D eigenvalue weighted by molar-refractivity contribution is 0.404. The minimum absolute atomic E-state index is 0.222. The molecule has 4 heteroatoms. The van der Waals surface area contributed by atoms with Gasteiger partial charge in [-0.05, 0) is 37.1 Å². The number of hydrazine groups is 1. The molecule has 2 aromatic carbocycles. The second kappa shape index (κ2) is 6.03. The van der Waals surface area contributed by atoms with Crippen molar-refractivity contribution in [2.45, 2.75) is 19.9 Å². The van der Waals surface area contributed by atoms with Crippen LogP contribution in [0.2, 0.25) is 0 Å². The van der Waals surface area contributed by atoms with Gasteiger partial charge in [0.15, 0.2) is 0 Å². The molecule has 3 nitrogen and oxygen atoms in total. The Balaban J connectivity index is 2.51. The maximum Gasteiger partial charge on any atom is 0.126 e. The molecule has 20 heavy (non-hydrogen) atoms. The first-order valence-corrected chi connectivity index (χ1v) is 6.43. The lowest BCUT2D eigenvalue weighted by Gasteiger charge is -2.20. The smallest absolute Gasteiger partial charge is 0.126 e. The van der Waals surface area contributed by atoms with Crippen LogP contribution in [0.25, 0.3) is 0 Å². The van der Waals surface area contributed by atoms with Gasteiger partial charge in [-0.25, -0.2) is 9.82 Å². The van der Waals surface area contributed by atoms with Crippen LogP contribution in [0.3, 0.4) is 0 Å². The molecule has 0 radical (unpaired) electrons. The van der Waals surface area contributed by atoms with Gasteiger partial charge in [0.05, 0.1) is 13.2 Å². The highest BCUT2D eigenvalue weighted by Crippen LogP contribution is 2.31. The van der Waals surface area contributed by atoms with Crippen molar-refractivity contribution in [1.82, 2.24) is 5.43 Å². The Morgan fingerprint density at radius 3 is 2.50 bits per heavy atom. The van der Waals surface area contributed by atoms with E-state index in [0.717, 1.165) is 22.4 Å². The molecule has 0 fully saturated rings. The average molecular weight is 274 g/mol. The molecule has 0 saturated carbocycles. The highest BCUT2D eigenvalue weighted by molar-refractivity contribution is 5.44. The molecule has 3 N–H and O–H groups in total. The summed E-state index contributed by atoms with van der Waals surface area (Å²) in [5, 5.41) is 0. The summed E-state index contributed by atoms with van der Waals surface area (Å²) in [6.07, 6.45) is 0. The van der Waals surface area contributed by atoms with Crippen molar-refractivity contribution in [2.75, 3.05) is 7.11 Å². The second-order valence-corrected chi connectivity index (χ2v) is 4.85. The van der Waals surface area contributed by atoms with E-state index >= 15 is 0 Å². The zero-order valence-electron chi connectivity index (χ0n) is 11.9. The molecule has 0 saturated heterocycles. The van der Waals surface area contributed by atoms with Gasteiger partial charge in [-0.3, -0.25) is 5.84 Å². The van der Waals surface area contributed by atoms with Crippen LogP contribution in [0.4, 0.5) is 4.39 Å². The van der Waals surface area contributed by atoms with Crippen LogP contribution < -0.4 is 16.0 Å². The quantitative estimate of drug-likeness (QED) is 0.665. The molecule has 0 spiro atoms. The summed E-state index contributed by atoms with van der Waals surface area (Å²) in [4.78, 5) is 0. The van der Waals surface area contributed by atoms with E-state index in [4.69, 9.17) is 10.6 Å². The number of nitrogens with one attached hydrogen (secondary N) is 1. The van der Waals surface area contributed by atoms with Gasteiger partial charge >= 0.3 is 0 Å². The Morgan fingerprint density at radius 1 is 1.15 bits per heavy atom. The standard InChI is InChI=1S/C16H19FN2O/c1-10-4-7-15(20-3)13(8-10)16(19-18)12-5-6-14(17)11(2)9-12/h4-9,16,19H,18H2,1-3H3. The van der Waals surface area contributed by atoms with E-state index in [1.165, 1.54) is 6.07 Å². The van der Waals surface area contributed by atoms with Crippen molar-refractivity contribution in [3.63, 3.8) is 0 Å². The Kier molecular flexibility index (Phi) is 4.37. The molecule has 1 unspecified atom stereocenters. The molecule has 0 aliphatic carbocycles. The van der Waals surface area contributed by atoms with Crippen molar-refractivity contribution in [3.8, 4) is 5.75 Å².